The summed E-state index contributed by atoms with van der Waals surface area (Å²) < 4.78 is 45.8. The van der Waals surface area contributed by atoms with Gasteiger partial charge in [0, 0.05) is 27.1 Å². The second-order valence-corrected chi connectivity index (χ2v) is 11.4. The summed E-state index contributed by atoms with van der Waals surface area (Å²) >= 11 is 0. The fraction of sp³-hybridized carbons (Fsp3) is 0.0250. The standard InChI is InChI=1S/C40H20F3N5/c41-40(42,43)27-7-5-6-26(20-27)28-14-17-38(47-34-10-3-1-8-29(34)31-18-24(21-44)12-15-36(31)47)33(23-46)39(28)48-35-11-4-2-9-30(35)32-19-25(22-45)13-16-37(32)48/h1-20H. The third-order valence-corrected chi connectivity index (χ3v) is 8.84. The van der Waals surface area contributed by atoms with E-state index in [4.69, 9.17) is 0 Å². The number of fused-ring (bicyclic) bond motifs is 6. The maximum Gasteiger partial charge on any atom is 0.416 e. The predicted octanol–water partition coefficient (Wildman–Crippen LogP) is 10.2. The molecule has 0 radical (unpaired) electrons. The number of benzene rings is 6. The Bertz CT molecular complexity index is 2760. The van der Waals surface area contributed by atoms with Crippen LogP contribution in [-0.2, 0) is 6.18 Å². The van der Waals surface area contributed by atoms with Crippen molar-refractivity contribution in [3.63, 3.8) is 0 Å². The zero-order valence-corrected chi connectivity index (χ0v) is 24.9. The molecule has 8 heteroatoms. The lowest BCUT2D eigenvalue weighted by Gasteiger charge is -2.20. The summed E-state index contributed by atoms with van der Waals surface area (Å²) in [6.45, 7) is 0. The number of hydrogen-bond donors (Lipinski definition) is 0. The summed E-state index contributed by atoms with van der Waals surface area (Å²) in [6.07, 6.45) is -4.57. The Hall–Kier alpha value is -6.82. The quantitative estimate of drug-likeness (QED) is 0.195. The lowest BCUT2D eigenvalue weighted by atomic mass is 9.96. The largest absolute Gasteiger partial charge is 0.416 e. The number of nitriles is 3. The summed E-state index contributed by atoms with van der Waals surface area (Å²) in [4.78, 5) is 0. The van der Waals surface area contributed by atoms with E-state index >= 15 is 0 Å². The number of halogens is 3. The van der Waals surface area contributed by atoms with Crippen molar-refractivity contribution in [2.45, 2.75) is 6.18 Å². The van der Waals surface area contributed by atoms with Gasteiger partial charge in [-0.2, -0.15) is 29.0 Å². The predicted molar refractivity (Wildman–Crippen MR) is 180 cm³/mol. The molecule has 48 heavy (non-hydrogen) atoms. The highest BCUT2D eigenvalue weighted by Crippen LogP contribution is 2.43. The van der Waals surface area contributed by atoms with Crippen LogP contribution >= 0.6 is 0 Å². The highest BCUT2D eigenvalue weighted by atomic mass is 19.4. The fourth-order valence-electron chi connectivity index (χ4n) is 6.79. The Morgan fingerprint density at radius 2 is 1.06 bits per heavy atom. The van der Waals surface area contributed by atoms with E-state index in [-0.39, 0.29) is 5.56 Å². The van der Waals surface area contributed by atoms with Crippen molar-refractivity contribution in [1.29, 1.82) is 15.8 Å². The van der Waals surface area contributed by atoms with Crippen molar-refractivity contribution in [3.8, 4) is 40.7 Å². The number of para-hydroxylation sites is 2. The SMILES string of the molecule is N#Cc1ccc2c(c1)c1ccccc1n2-c1ccc(-c2cccc(C(F)(F)F)c2)c(-n2c3ccccc3c3cc(C#N)ccc32)c1C#N. The number of alkyl halides is 3. The highest BCUT2D eigenvalue weighted by molar-refractivity contribution is 6.12. The van der Waals surface area contributed by atoms with E-state index < -0.39 is 11.7 Å². The number of hydrogen-bond acceptors (Lipinski definition) is 3. The van der Waals surface area contributed by atoms with Crippen molar-refractivity contribution in [2.24, 2.45) is 0 Å². The van der Waals surface area contributed by atoms with Gasteiger partial charge in [-0.15, -0.1) is 0 Å². The molecule has 0 saturated carbocycles. The molecule has 2 aromatic heterocycles. The first-order valence-corrected chi connectivity index (χ1v) is 14.9. The van der Waals surface area contributed by atoms with Crippen LogP contribution < -0.4 is 0 Å². The average Bonchev–Trinajstić information content (AvgIpc) is 3.62. The molecule has 8 rings (SSSR count). The molecule has 5 nitrogen and oxygen atoms in total. The molecule has 0 bridgehead atoms. The Kier molecular flexibility index (Phi) is 6.34. The minimum absolute atomic E-state index is 0.240. The molecule has 0 amide bonds. The summed E-state index contributed by atoms with van der Waals surface area (Å²) in [5, 5.41) is 33.7. The molecule has 0 aliphatic heterocycles. The van der Waals surface area contributed by atoms with E-state index in [1.165, 1.54) is 6.07 Å². The van der Waals surface area contributed by atoms with Crippen LogP contribution in [0.4, 0.5) is 13.2 Å². The van der Waals surface area contributed by atoms with Crippen molar-refractivity contribution >= 4 is 43.6 Å². The van der Waals surface area contributed by atoms with Crippen LogP contribution in [0.5, 0.6) is 0 Å². The zero-order valence-electron chi connectivity index (χ0n) is 24.9. The van der Waals surface area contributed by atoms with Crippen molar-refractivity contribution < 1.29 is 13.2 Å². The van der Waals surface area contributed by atoms with Gasteiger partial charge in [0.05, 0.1) is 62.3 Å². The Morgan fingerprint density at radius 1 is 0.500 bits per heavy atom. The molecule has 0 aliphatic carbocycles. The molecule has 0 N–H and O–H groups in total. The van der Waals surface area contributed by atoms with Crippen LogP contribution in [0.1, 0.15) is 22.3 Å². The van der Waals surface area contributed by atoms with Gasteiger partial charge in [-0.25, -0.2) is 0 Å². The third-order valence-electron chi connectivity index (χ3n) is 8.84. The molecule has 0 aliphatic rings. The summed E-state index contributed by atoms with van der Waals surface area (Å²) in [6, 6.07) is 41.4. The highest BCUT2D eigenvalue weighted by Gasteiger charge is 2.31. The lowest BCUT2D eigenvalue weighted by Crippen LogP contribution is -2.07. The minimum atomic E-state index is -4.57. The minimum Gasteiger partial charge on any atom is -0.308 e. The van der Waals surface area contributed by atoms with E-state index in [1.807, 2.05) is 75.9 Å². The zero-order chi connectivity index (χ0) is 33.2. The van der Waals surface area contributed by atoms with Crippen LogP contribution in [-0.4, -0.2) is 9.13 Å². The molecular weight excluding hydrogens is 607 g/mol. The van der Waals surface area contributed by atoms with E-state index in [0.717, 1.165) is 50.2 Å². The van der Waals surface area contributed by atoms with Gasteiger partial charge in [0.2, 0.25) is 0 Å². The lowest BCUT2D eigenvalue weighted by molar-refractivity contribution is -0.137. The second kappa shape index (κ2) is 10.6. The summed E-state index contributed by atoms with van der Waals surface area (Å²) in [5.74, 6) is 0. The van der Waals surface area contributed by atoms with E-state index in [1.54, 1.807) is 36.4 Å². The normalized spacial score (nSPS) is 11.6. The fourth-order valence-corrected chi connectivity index (χ4v) is 6.79. The van der Waals surface area contributed by atoms with Crippen LogP contribution in [0, 0.1) is 34.0 Å². The third kappa shape index (κ3) is 4.23. The van der Waals surface area contributed by atoms with Crippen molar-refractivity contribution in [1.82, 2.24) is 9.13 Å². The summed E-state index contributed by atoms with van der Waals surface area (Å²) in [5.41, 5.74) is 5.04. The molecule has 2 heterocycles. The molecule has 8 aromatic rings. The molecular formula is C40H20F3N5. The van der Waals surface area contributed by atoms with Gasteiger partial charge in [-0.1, -0.05) is 54.6 Å². The number of rotatable bonds is 3. The van der Waals surface area contributed by atoms with E-state index in [2.05, 4.69) is 18.2 Å². The second-order valence-electron chi connectivity index (χ2n) is 11.4. The molecule has 0 saturated heterocycles. The van der Waals surface area contributed by atoms with Crippen molar-refractivity contribution in [2.75, 3.05) is 0 Å². The monoisotopic (exact) mass is 627 g/mol. The molecule has 0 atom stereocenters. The van der Waals surface area contributed by atoms with Crippen LogP contribution in [0.2, 0.25) is 0 Å². The molecule has 0 spiro atoms. The average molecular weight is 628 g/mol. The summed E-state index contributed by atoms with van der Waals surface area (Å²) in [7, 11) is 0. The van der Waals surface area contributed by atoms with Gasteiger partial charge < -0.3 is 9.13 Å². The maximum atomic E-state index is 14.0. The van der Waals surface area contributed by atoms with Crippen LogP contribution in [0.3, 0.4) is 0 Å². The Labute approximate surface area is 271 Å². The first kappa shape index (κ1) is 28.6. The van der Waals surface area contributed by atoms with Gasteiger partial charge in [0.15, 0.2) is 0 Å². The van der Waals surface area contributed by atoms with Crippen LogP contribution in [0.25, 0.3) is 66.1 Å². The number of aromatic nitrogens is 2. The Morgan fingerprint density at radius 3 is 1.65 bits per heavy atom. The van der Waals surface area contributed by atoms with Gasteiger partial charge in [0.25, 0.3) is 0 Å². The van der Waals surface area contributed by atoms with E-state index in [0.29, 0.717) is 39.1 Å². The molecule has 226 valence electrons. The molecule has 0 fully saturated rings. The maximum absolute atomic E-state index is 14.0. The smallest absolute Gasteiger partial charge is 0.308 e. The topological polar surface area (TPSA) is 81.2 Å². The first-order chi connectivity index (χ1) is 23.3. The van der Waals surface area contributed by atoms with Crippen LogP contribution in [0.15, 0.2) is 121 Å². The molecule has 0 unspecified atom stereocenters. The van der Waals surface area contributed by atoms with Crippen molar-refractivity contribution in [3.05, 3.63) is 144 Å². The number of nitrogens with zero attached hydrogens (tertiary/aromatic N) is 5. The van der Waals surface area contributed by atoms with Gasteiger partial charge in [-0.05, 0) is 72.3 Å². The molecule has 6 aromatic carbocycles. The van der Waals surface area contributed by atoms with Gasteiger partial charge in [-0.3, -0.25) is 0 Å². The Balaban J connectivity index is 1.56. The van der Waals surface area contributed by atoms with E-state index in [9.17, 15) is 29.0 Å². The van der Waals surface area contributed by atoms with Gasteiger partial charge in [0.1, 0.15) is 11.6 Å². The first-order valence-electron chi connectivity index (χ1n) is 14.9. The van der Waals surface area contributed by atoms with Gasteiger partial charge >= 0.3 is 6.18 Å².